The molecule has 0 aliphatic rings. The van der Waals surface area contributed by atoms with Gasteiger partial charge in [-0.15, -0.1) is 0 Å². The fourth-order valence-corrected chi connectivity index (χ4v) is 3.60. The summed E-state index contributed by atoms with van der Waals surface area (Å²) in [5.41, 5.74) is 0. The molecule has 0 saturated carbocycles. The average Bonchev–Trinajstić information content (AvgIpc) is 2.27. The van der Waals surface area contributed by atoms with Crippen LogP contribution in [0.5, 0.6) is 0 Å². The second-order valence-corrected chi connectivity index (χ2v) is 16.7. The smallest absolute Gasteiger partial charge is 0.292 e. The Kier molecular flexibility index (Phi) is 9.91. The lowest BCUT2D eigenvalue weighted by atomic mass is 10.1. The molecule has 0 heterocycles. The van der Waals surface area contributed by atoms with E-state index < -0.39 is 16.6 Å². The lowest BCUT2D eigenvalue weighted by Crippen LogP contribution is -2.29. The minimum Gasteiger partial charge on any atom is -0.520 e. The van der Waals surface area contributed by atoms with Crippen molar-refractivity contribution in [2.24, 2.45) is 0 Å². The zero-order valence-electron chi connectivity index (χ0n) is 15.3. The average molecular weight is 347 g/mol. The molecule has 0 rings (SSSR count). The minimum absolute atomic E-state index is 0.0479. The molecule has 0 unspecified atom stereocenters. The van der Waals surface area contributed by atoms with Crippen molar-refractivity contribution >= 4 is 28.6 Å². The molecule has 22 heavy (non-hydrogen) atoms. The Morgan fingerprint density at radius 1 is 0.591 bits per heavy atom. The molecule has 0 spiro atoms. The van der Waals surface area contributed by atoms with Gasteiger partial charge in [0.25, 0.3) is 11.9 Å². The van der Waals surface area contributed by atoms with Crippen LogP contribution < -0.4 is 0 Å². The van der Waals surface area contributed by atoms with Gasteiger partial charge in [0, 0.05) is 12.8 Å². The molecule has 0 aromatic rings. The van der Waals surface area contributed by atoms with Gasteiger partial charge in [0.15, 0.2) is 0 Å². The first-order valence-corrected chi connectivity index (χ1v) is 15.2. The summed E-state index contributed by atoms with van der Waals surface area (Å²) in [5.74, 6) is -0.0958. The van der Waals surface area contributed by atoms with E-state index in [9.17, 15) is 9.59 Å². The third-order valence-electron chi connectivity index (χ3n) is 2.85. The summed E-state index contributed by atoms with van der Waals surface area (Å²) in [6, 6.07) is 0. The van der Waals surface area contributed by atoms with Crippen LogP contribution in [0.25, 0.3) is 0 Å². The van der Waals surface area contributed by atoms with Gasteiger partial charge in [0.05, 0.1) is 0 Å². The normalized spacial score (nSPS) is 12.1. The van der Waals surface area contributed by atoms with Crippen molar-refractivity contribution in [2.45, 2.75) is 90.6 Å². The highest BCUT2D eigenvalue weighted by Crippen LogP contribution is 2.12. The molecule has 0 amide bonds. The zero-order valence-corrected chi connectivity index (χ0v) is 17.3. The number of carbonyl (C=O) groups is 2. The van der Waals surface area contributed by atoms with Crippen LogP contribution >= 0.6 is 0 Å². The molecule has 0 bridgehead atoms. The second-order valence-electron chi connectivity index (χ2n) is 7.79. The summed E-state index contributed by atoms with van der Waals surface area (Å²) in [4.78, 5) is 23.1. The first-order valence-electron chi connectivity index (χ1n) is 8.43. The molecule has 0 saturated heterocycles. The molecular weight excluding hydrogens is 312 g/mol. The van der Waals surface area contributed by atoms with Gasteiger partial charge in [-0.1, -0.05) is 25.7 Å². The molecule has 4 nitrogen and oxygen atoms in total. The van der Waals surface area contributed by atoms with Crippen LogP contribution in [0.3, 0.4) is 0 Å². The van der Waals surface area contributed by atoms with Crippen molar-refractivity contribution < 1.29 is 18.4 Å². The Morgan fingerprint density at radius 2 is 0.864 bits per heavy atom. The van der Waals surface area contributed by atoms with Crippen LogP contribution in [0, 0.1) is 0 Å². The predicted octanol–water partition coefficient (Wildman–Crippen LogP) is 4.86. The summed E-state index contributed by atoms with van der Waals surface area (Å²) in [5, 5.41) is 0. The topological polar surface area (TPSA) is 52.6 Å². The van der Waals surface area contributed by atoms with Gasteiger partial charge in [0.2, 0.25) is 16.6 Å². The largest absolute Gasteiger partial charge is 0.520 e. The van der Waals surface area contributed by atoms with E-state index in [1.54, 1.807) is 0 Å². The van der Waals surface area contributed by atoms with Crippen LogP contribution in [0.2, 0.25) is 39.3 Å². The third kappa shape index (κ3) is 15.8. The monoisotopic (exact) mass is 346 g/mol. The molecule has 0 atom stereocenters. The summed E-state index contributed by atoms with van der Waals surface area (Å²) in [6.07, 6.45) is 7.22. The van der Waals surface area contributed by atoms with E-state index >= 15 is 0 Å². The van der Waals surface area contributed by atoms with Gasteiger partial charge in [-0.05, 0) is 52.1 Å². The fourth-order valence-electron chi connectivity index (χ4n) is 2.03. The molecule has 0 radical (unpaired) electrons. The predicted molar refractivity (Wildman–Crippen MR) is 95.8 cm³/mol. The summed E-state index contributed by atoms with van der Waals surface area (Å²) >= 11 is 0. The van der Waals surface area contributed by atoms with Gasteiger partial charge >= 0.3 is 0 Å². The van der Waals surface area contributed by atoms with Gasteiger partial charge < -0.3 is 8.85 Å². The van der Waals surface area contributed by atoms with E-state index in [0.717, 1.165) is 38.5 Å². The molecule has 0 fully saturated rings. The van der Waals surface area contributed by atoms with E-state index in [1.165, 1.54) is 0 Å². The standard InChI is InChI=1S/C16H34O4Si2/c1-21(2,3)19-15(17)13-11-9-7-8-10-12-14-16(18)20-22(4,5)6/h7-14H2,1-6H3. The Morgan fingerprint density at radius 3 is 1.14 bits per heavy atom. The Balaban J connectivity index is 3.45. The third-order valence-corrected chi connectivity index (χ3v) is 4.53. The molecule has 6 heteroatoms. The Bertz CT molecular complexity index is 309. The van der Waals surface area contributed by atoms with Crippen LogP contribution in [0.1, 0.15) is 51.4 Å². The van der Waals surface area contributed by atoms with Crippen molar-refractivity contribution in [3.8, 4) is 0 Å². The Labute approximate surface area is 138 Å². The lowest BCUT2D eigenvalue weighted by molar-refractivity contribution is -0.136. The SMILES string of the molecule is C[Si](C)(C)OC(=O)CCCCCCCCC(=O)O[Si](C)(C)C. The van der Waals surface area contributed by atoms with Gasteiger partial charge in [-0.25, -0.2) is 0 Å². The molecule has 0 aliphatic carbocycles. The summed E-state index contributed by atoms with van der Waals surface area (Å²) in [7, 11) is -3.45. The lowest BCUT2D eigenvalue weighted by Gasteiger charge is -2.17. The summed E-state index contributed by atoms with van der Waals surface area (Å²) in [6.45, 7) is 12.2. The van der Waals surface area contributed by atoms with Gasteiger partial charge in [-0.2, -0.15) is 0 Å². The maximum Gasteiger partial charge on any atom is 0.292 e. The van der Waals surface area contributed by atoms with Gasteiger partial charge in [0.1, 0.15) is 0 Å². The van der Waals surface area contributed by atoms with E-state index in [1.807, 2.05) is 39.3 Å². The van der Waals surface area contributed by atoms with Crippen LogP contribution in [-0.4, -0.2) is 28.6 Å². The summed E-state index contributed by atoms with van der Waals surface area (Å²) < 4.78 is 10.8. The number of carbonyl (C=O) groups excluding carboxylic acids is 2. The maximum atomic E-state index is 11.5. The van der Waals surface area contributed by atoms with Crippen molar-refractivity contribution in [3.63, 3.8) is 0 Å². The van der Waals surface area contributed by atoms with Crippen molar-refractivity contribution in [3.05, 3.63) is 0 Å². The second kappa shape index (κ2) is 10.2. The van der Waals surface area contributed by atoms with Crippen LogP contribution in [-0.2, 0) is 18.4 Å². The number of hydrogen-bond donors (Lipinski definition) is 0. The quantitative estimate of drug-likeness (QED) is 0.396. The highest BCUT2D eigenvalue weighted by molar-refractivity contribution is 6.71. The molecule has 0 aromatic carbocycles. The Hall–Kier alpha value is -0.626. The van der Waals surface area contributed by atoms with E-state index in [-0.39, 0.29) is 11.9 Å². The fraction of sp³-hybridized carbons (Fsp3) is 0.875. The van der Waals surface area contributed by atoms with E-state index in [0.29, 0.717) is 12.8 Å². The molecule has 0 aliphatic heterocycles. The van der Waals surface area contributed by atoms with Crippen LogP contribution in [0.4, 0.5) is 0 Å². The van der Waals surface area contributed by atoms with E-state index in [4.69, 9.17) is 8.85 Å². The molecule has 130 valence electrons. The van der Waals surface area contributed by atoms with Crippen molar-refractivity contribution in [1.82, 2.24) is 0 Å². The number of hydrogen-bond acceptors (Lipinski definition) is 4. The number of unbranched alkanes of at least 4 members (excludes halogenated alkanes) is 5. The molecule has 0 aromatic heterocycles. The van der Waals surface area contributed by atoms with Crippen LogP contribution in [0.15, 0.2) is 0 Å². The number of rotatable bonds is 11. The molecule has 0 N–H and O–H groups in total. The minimum atomic E-state index is -1.72. The van der Waals surface area contributed by atoms with E-state index in [2.05, 4.69) is 0 Å². The maximum absolute atomic E-state index is 11.5. The zero-order chi connectivity index (χ0) is 17.2. The first kappa shape index (κ1) is 21.4. The molecular formula is C16H34O4Si2. The van der Waals surface area contributed by atoms with Crippen molar-refractivity contribution in [1.29, 1.82) is 0 Å². The highest BCUT2D eigenvalue weighted by atomic mass is 28.4. The highest BCUT2D eigenvalue weighted by Gasteiger charge is 2.20. The van der Waals surface area contributed by atoms with Gasteiger partial charge in [-0.3, -0.25) is 9.59 Å². The first-order chi connectivity index (χ1) is 9.99. The van der Waals surface area contributed by atoms with Crippen molar-refractivity contribution in [2.75, 3.05) is 0 Å².